The maximum atomic E-state index is 13.1. The molecule has 4 aromatic carbocycles. The van der Waals surface area contributed by atoms with E-state index in [1.165, 1.54) is 7.05 Å². The number of nitrogens with one attached hydrogen (secondary N) is 2. The predicted octanol–water partition coefficient (Wildman–Crippen LogP) is 7.06. The van der Waals surface area contributed by atoms with Gasteiger partial charge in [0.1, 0.15) is 16.1 Å². The molecule has 2 atom stereocenters. The lowest BCUT2D eigenvalue weighted by Gasteiger charge is -2.27. The number of rotatable bonds is 18. The molecule has 4 rings (SSSR count). The Labute approximate surface area is 386 Å². The largest absolute Gasteiger partial charge is 0.444 e. The first-order valence-corrected chi connectivity index (χ1v) is 23.2. The van der Waals surface area contributed by atoms with Gasteiger partial charge in [-0.2, -0.15) is 4.31 Å². The van der Waals surface area contributed by atoms with E-state index in [-0.39, 0.29) is 19.4 Å². The normalized spacial score (nSPS) is 12.7. The Morgan fingerprint density at radius 2 is 0.985 bits per heavy atom. The van der Waals surface area contributed by atoms with Crippen molar-refractivity contribution in [1.82, 2.24) is 14.9 Å². The number of ether oxygens (including phenoxy) is 2. The van der Waals surface area contributed by atoms with Crippen LogP contribution < -0.4 is 10.6 Å². The molecule has 0 aliphatic heterocycles. The molecular weight excluding hydrogens is 923 g/mol. The third-order valence-corrected chi connectivity index (χ3v) is 12.7. The van der Waals surface area contributed by atoms with Gasteiger partial charge in [-0.15, -0.1) is 0 Å². The average molecular weight is 974 g/mol. The summed E-state index contributed by atoms with van der Waals surface area (Å²) in [6.45, 7) is 9.88. The van der Waals surface area contributed by atoms with Crippen LogP contribution in [0.1, 0.15) is 59.1 Å². The first kappa shape index (κ1) is 54.2. The summed E-state index contributed by atoms with van der Waals surface area (Å²) in [6.07, 6.45) is -0.979. The Hall–Kier alpha value is -7.12. The molecule has 0 saturated carbocycles. The topological polar surface area (TPSA) is 321 Å². The van der Waals surface area contributed by atoms with E-state index < -0.39 is 113 Å². The minimum atomic E-state index is -4.44. The van der Waals surface area contributed by atoms with E-state index in [9.17, 15) is 66.9 Å². The molecule has 25 heteroatoms. The molecule has 0 radical (unpaired) electrons. The molecule has 4 aromatic rings. The summed E-state index contributed by atoms with van der Waals surface area (Å²) in [5.41, 5.74) is -2.86. The van der Waals surface area contributed by atoms with Crippen LogP contribution >= 0.6 is 0 Å². The SMILES string of the molecule is CC(C)(C)OC(=O)N[C@H](CCS(=O)(=O)c1ccc([N+](=O)[O-])cc1[N+](=O)[O-])Cc1ccccc1.CN(C[C@H](Cc1ccccc1)NC(=O)OC(C)(C)C)S(=O)(=O)c1ccc([N+](=O)[O-])cc1[N+](=O)[O-]. The second-order valence-electron chi connectivity index (χ2n) is 16.8. The molecule has 0 unspecified atom stereocenters. The van der Waals surface area contributed by atoms with Gasteiger partial charge in [-0.25, -0.2) is 26.4 Å². The monoisotopic (exact) mass is 973 g/mol. The molecule has 23 nitrogen and oxygen atoms in total. The van der Waals surface area contributed by atoms with Crippen LogP contribution in [0.15, 0.2) is 107 Å². The molecule has 0 saturated heterocycles. The van der Waals surface area contributed by atoms with E-state index in [4.69, 9.17) is 9.47 Å². The van der Waals surface area contributed by atoms with E-state index in [0.29, 0.717) is 18.6 Å². The van der Waals surface area contributed by atoms with Crippen molar-refractivity contribution >= 4 is 54.8 Å². The molecule has 0 aliphatic carbocycles. The number of sulfone groups is 1. The van der Waals surface area contributed by atoms with Crippen molar-refractivity contribution in [3.63, 3.8) is 0 Å². The Morgan fingerprint density at radius 1 is 0.597 bits per heavy atom. The molecule has 2 amide bonds. The summed E-state index contributed by atoms with van der Waals surface area (Å²) < 4.78 is 63.5. The van der Waals surface area contributed by atoms with Crippen LogP contribution in [0.2, 0.25) is 0 Å². The standard InChI is InChI=1S/C21H26N4O8S.C21H25N3O8S/c1-21(2,3)33-20(26)22-16(12-15-8-6-5-7-9-15)14-23(4)34(31,32)19-11-10-17(24(27)28)13-18(19)25(29)30;1-21(2,3)32-20(25)22-16(13-15-7-5-4-6-8-15)11-12-33(30,31)19-10-9-17(23(26)27)14-18(19)24(28)29/h5-11,13,16H,12,14H2,1-4H3,(H,22,26);4-10,14,16H,11-13H2,1-3H3,(H,22,25)/t2*16-/m01/s1. The van der Waals surface area contributed by atoms with Crippen molar-refractivity contribution in [2.75, 3.05) is 19.3 Å². The highest BCUT2D eigenvalue weighted by atomic mass is 32.2. The lowest BCUT2D eigenvalue weighted by atomic mass is 10.0. The Morgan fingerprint density at radius 3 is 1.39 bits per heavy atom. The van der Waals surface area contributed by atoms with Gasteiger partial charge in [0.2, 0.25) is 10.0 Å². The van der Waals surface area contributed by atoms with Gasteiger partial charge in [0.15, 0.2) is 14.7 Å². The summed E-state index contributed by atoms with van der Waals surface area (Å²) in [4.78, 5) is 64.3. The highest BCUT2D eigenvalue weighted by molar-refractivity contribution is 7.91. The number of sulfonamides is 1. The molecule has 362 valence electrons. The Bertz CT molecular complexity index is 2660. The van der Waals surface area contributed by atoms with Gasteiger partial charge in [0.05, 0.1) is 43.6 Å². The van der Waals surface area contributed by atoms with Crippen LogP contribution in [0.4, 0.5) is 32.3 Å². The van der Waals surface area contributed by atoms with Gasteiger partial charge < -0.3 is 20.1 Å². The second-order valence-corrected chi connectivity index (χ2v) is 20.9. The van der Waals surface area contributed by atoms with E-state index in [0.717, 1.165) is 39.7 Å². The number of non-ortho nitro benzene ring substituents is 2. The summed E-state index contributed by atoms with van der Waals surface area (Å²) in [7, 11) is -7.43. The number of carbonyl (C=O) groups excluding carboxylic acids is 2. The number of hydrogen-bond acceptors (Lipinski definition) is 16. The quantitative estimate of drug-likeness (QED) is 0.0744. The zero-order valence-corrected chi connectivity index (χ0v) is 39.1. The van der Waals surface area contributed by atoms with Crippen molar-refractivity contribution in [2.45, 2.75) is 93.9 Å². The van der Waals surface area contributed by atoms with Crippen molar-refractivity contribution < 1.29 is 55.6 Å². The predicted molar refractivity (Wildman–Crippen MR) is 243 cm³/mol. The third kappa shape index (κ3) is 17.3. The number of hydrogen-bond donors (Lipinski definition) is 2. The Balaban J connectivity index is 0.000000355. The first-order chi connectivity index (χ1) is 31.0. The molecule has 2 N–H and O–H groups in total. The first-order valence-electron chi connectivity index (χ1n) is 20.1. The second kappa shape index (κ2) is 22.9. The van der Waals surface area contributed by atoms with Gasteiger partial charge in [-0.1, -0.05) is 60.7 Å². The number of benzene rings is 4. The Kier molecular flexibility index (Phi) is 18.5. The molecule has 0 aliphatic rings. The number of amides is 2. The number of likely N-dealkylation sites (N-methyl/N-ethyl adjacent to an activating group) is 1. The third-order valence-electron chi connectivity index (χ3n) is 9.03. The zero-order chi connectivity index (χ0) is 50.5. The minimum absolute atomic E-state index is 0.0649. The number of nitro benzene ring substituents is 4. The van der Waals surface area contributed by atoms with Crippen LogP contribution in [0, 0.1) is 40.5 Å². The number of nitro groups is 4. The molecule has 0 bridgehead atoms. The van der Waals surface area contributed by atoms with Gasteiger partial charge in [-0.3, -0.25) is 40.5 Å². The van der Waals surface area contributed by atoms with E-state index in [2.05, 4.69) is 10.6 Å². The number of carbonyl (C=O) groups is 2. The lowest BCUT2D eigenvalue weighted by molar-refractivity contribution is -0.396. The van der Waals surface area contributed by atoms with E-state index in [1.54, 1.807) is 77.9 Å². The highest BCUT2D eigenvalue weighted by Gasteiger charge is 2.34. The molecule has 0 heterocycles. The maximum absolute atomic E-state index is 13.1. The fourth-order valence-electron chi connectivity index (χ4n) is 6.12. The fraction of sp³-hybridized carbons (Fsp3) is 0.381. The van der Waals surface area contributed by atoms with Crippen molar-refractivity contribution in [2.24, 2.45) is 0 Å². The highest BCUT2D eigenvalue weighted by Crippen LogP contribution is 2.31. The van der Waals surface area contributed by atoms with Gasteiger partial charge in [0.25, 0.3) is 22.7 Å². The van der Waals surface area contributed by atoms with Crippen molar-refractivity contribution in [3.8, 4) is 0 Å². The molecule has 0 spiro atoms. The molecular formula is C42H51N7O16S2. The zero-order valence-electron chi connectivity index (χ0n) is 37.5. The minimum Gasteiger partial charge on any atom is -0.444 e. The fourth-order valence-corrected chi connectivity index (χ4v) is 9.01. The summed E-state index contributed by atoms with van der Waals surface area (Å²) in [5.74, 6) is -0.529. The van der Waals surface area contributed by atoms with E-state index >= 15 is 0 Å². The van der Waals surface area contributed by atoms with Crippen LogP contribution in [0.25, 0.3) is 0 Å². The maximum Gasteiger partial charge on any atom is 0.407 e. The van der Waals surface area contributed by atoms with Gasteiger partial charge in [-0.05, 0) is 84.1 Å². The molecule has 67 heavy (non-hydrogen) atoms. The summed E-state index contributed by atoms with van der Waals surface area (Å²) in [6, 6.07) is 21.4. The summed E-state index contributed by atoms with van der Waals surface area (Å²) in [5, 5.41) is 50.0. The lowest BCUT2D eigenvalue weighted by Crippen LogP contribution is -2.47. The molecule has 0 fully saturated rings. The van der Waals surface area contributed by atoms with Gasteiger partial charge >= 0.3 is 12.2 Å². The summed E-state index contributed by atoms with van der Waals surface area (Å²) >= 11 is 0. The van der Waals surface area contributed by atoms with Crippen molar-refractivity contribution in [1.29, 1.82) is 0 Å². The van der Waals surface area contributed by atoms with Gasteiger partial charge in [0, 0.05) is 31.8 Å². The molecule has 0 aromatic heterocycles. The smallest absolute Gasteiger partial charge is 0.407 e. The van der Waals surface area contributed by atoms with Crippen LogP contribution in [0.3, 0.4) is 0 Å². The van der Waals surface area contributed by atoms with Crippen LogP contribution in [0.5, 0.6) is 0 Å². The van der Waals surface area contributed by atoms with E-state index in [1.807, 2.05) is 24.3 Å². The number of alkyl carbamates (subject to hydrolysis) is 2. The number of nitrogens with zero attached hydrogens (tertiary/aromatic N) is 5. The van der Waals surface area contributed by atoms with Crippen LogP contribution in [-0.2, 0) is 42.2 Å². The average Bonchev–Trinajstić information content (AvgIpc) is 3.21. The van der Waals surface area contributed by atoms with Crippen LogP contribution in [-0.4, -0.2) is 95.7 Å². The van der Waals surface area contributed by atoms with Crippen molar-refractivity contribution in [3.05, 3.63) is 149 Å².